The van der Waals surface area contributed by atoms with Gasteiger partial charge in [-0.1, -0.05) is 58.4 Å². The fourth-order valence-electron chi connectivity index (χ4n) is 2.50. The number of amides is 3. The number of nitrogens with one attached hydrogen (secondary N) is 1. The Balaban J connectivity index is 2.08. The average molecular weight is 288 g/mol. The fraction of sp³-hybridized carbons (Fsp3) is 0.529. The molecule has 1 aliphatic heterocycles. The van der Waals surface area contributed by atoms with Crippen LogP contribution in [0.1, 0.15) is 51.7 Å². The van der Waals surface area contributed by atoms with E-state index in [0.29, 0.717) is 13.0 Å². The van der Waals surface area contributed by atoms with Gasteiger partial charge in [-0.25, -0.2) is 4.79 Å². The number of rotatable bonds is 4. The Hall–Kier alpha value is -1.84. The first kappa shape index (κ1) is 15.5. The lowest BCUT2D eigenvalue weighted by molar-refractivity contribution is -0.128. The van der Waals surface area contributed by atoms with Crippen molar-refractivity contribution in [1.82, 2.24) is 10.2 Å². The third-order valence-electron chi connectivity index (χ3n) is 3.84. The molecule has 0 bridgehead atoms. The van der Waals surface area contributed by atoms with Crippen LogP contribution in [0, 0.1) is 0 Å². The number of carbonyl (C=O) groups is 2. The standard InChI is InChI=1S/C17H24N2O2/c1-5-6-14-15(20)19(16(21)18-14)11-12-7-9-13(10-8-12)17(2,3)4/h7-10,14H,5-6,11H2,1-4H3,(H,18,21). The highest BCUT2D eigenvalue weighted by Crippen LogP contribution is 2.23. The molecule has 21 heavy (non-hydrogen) atoms. The minimum atomic E-state index is -0.351. The van der Waals surface area contributed by atoms with E-state index in [4.69, 9.17) is 0 Å². The SMILES string of the molecule is CCCC1NC(=O)N(Cc2ccc(C(C)(C)C)cc2)C1=O. The van der Waals surface area contributed by atoms with E-state index in [2.05, 4.69) is 38.2 Å². The molecule has 1 N–H and O–H groups in total. The van der Waals surface area contributed by atoms with Gasteiger partial charge in [-0.2, -0.15) is 0 Å². The zero-order chi connectivity index (χ0) is 15.6. The lowest BCUT2D eigenvalue weighted by Gasteiger charge is -2.20. The van der Waals surface area contributed by atoms with Gasteiger partial charge in [0.1, 0.15) is 6.04 Å². The molecule has 0 aromatic heterocycles. The van der Waals surface area contributed by atoms with Crippen molar-refractivity contribution < 1.29 is 9.59 Å². The summed E-state index contributed by atoms with van der Waals surface area (Å²) < 4.78 is 0. The molecule has 114 valence electrons. The number of hydrogen-bond donors (Lipinski definition) is 1. The van der Waals surface area contributed by atoms with Crippen molar-refractivity contribution >= 4 is 11.9 Å². The van der Waals surface area contributed by atoms with E-state index >= 15 is 0 Å². The van der Waals surface area contributed by atoms with Crippen LogP contribution in [-0.2, 0) is 16.8 Å². The van der Waals surface area contributed by atoms with Crippen LogP contribution in [0.15, 0.2) is 24.3 Å². The van der Waals surface area contributed by atoms with Crippen LogP contribution >= 0.6 is 0 Å². The summed E-state index contributed by atoms with van der Waals surface area (Å²) in [6.07, 6.45) is 1.58. The molecular weight excluding hydrogens is 264 g/mol. The Morgan fingerprint density at radius 3 is 2.29 bits per heavy atom. The minimum Gasteiger partial charge on any atom is -0.326 e. The molecule has 3 amide bonds. The highest BCUT2D eigenvalue weighted by molar-refractivity contribution is 6.04. The van der Waals surface area contributed by atoms with Gasteiger partial charge < -0.3 is 5.32 Å². The van der Waals surface area contributed by atoms with Crippen LogP contribution in [0.2, 0.25) is 0 Å². The molecule has 0 radical (unpaired) electrons. The molecule has 1 atom stereocenters. The number of hydrogen-bond acceptors (Lipinski definition) is 2. The first-order chi connectivity index (χ1) is 9.82. The molecule has 1 unspecified atom stereocenters. The third-order valence-corrected chi connectivity index (χ3v) is 3.84. The van der Waals surface area contributed by atoms with Gasteiger partial charge in [-0.05, 0) is 23.0 Å². The quantitative estimate of drug-likeness (QED) is 0.865. The molecule has 1 aliphatic rings. The molecule has 0 saturated carbocycles. The van der Waals surface area contributed by atoms with Crippen LogP contribution in [0.5, 0.6) is 0 Å². The van der Waals surface area contributed by atoms with Crippen molar-refractivity contribution in [1.29, 1.82) is 0 Å². The van der Waals surface area contributed by atoms with E-state index in [9.17, 15) is 9.59 Å². The maximum absolute atomic E-state index is 12.2. The van der Waals surface area contributed by atoms with Crippen molar-refractivity contribution in [3.8, 4) is 0 Å². The summed E-state index contributed by atoms with van der Waals surface area (Å²) in [5, 5.41) is 2.75. The summed E-state index contributed by atoms with van der Waals surface area (Å²) in [5.41, 5.74) is 2.32. The van der Waals surface area contributed by atoms with Gasteiger partial charge in [0.15, 0.2) is 0 Å². The first-order valence-corrected chi connectivity index (χ1v) is 7.54. The summed E-state index contributed by atoms with van der Waals surface area (Å²) in [7, 11) is 0. The van der Waals surface area contributed by atoms with Crippen molar-refractivity contribution in [3.63, 3.8) is 0 Å². The Kier molecular flexibility index (Phi) is 4.35. The maximum atomic E-state index is 12.2. The summed E-state index contributed by atoms with van der Waals surface area (Å²) in [6, 6.07) is 7.49. The summed E-state index contributed by atoms with van der Waals surface area (Å²) >= 11 is 0. The zero-order valence-electron chi connectivity index (χ0n) is 13.3. The monoisotopic (exact) mass is 288 g/mol. The summed E-state index contributed by atoms with van der Waals surface area (Å²) in [4.78, 5) is 25.4. The largest absolute Gasteiger partial charge is 0.326 e. The van der Waals surface area contributed by atoms with Gasteiger partial charge >= 0.3 is 6.03 Å². The van der Waals surface area contributed by atoms with Gasteiger partial charge in [0.2, 0.25) is 0 Å². The molecule has 1 aromatic rings. The number of nitrogens with zero attached hydrogens (tertiary/aromatic N) is 1. The Morgan fingerprint density at radius 2 is 1.76 bits per heavy atom. The molecular formula is C17H24N2O2. The third kappa shape index (κ3) is 3.43. The van der Waals surface area contributed by atoms with Crippen LogP contribution in [0.3, 0.4) is 0 Å². The van der Waals surface area contributed by atoms with Crippen LogP contribution < -0.4 is 5.32 Å². The maximum Gasteiger partial charge on any atom is 0.325 e. The molecule has 0 spiro atoms. The van der Waals surface area contributed by atoms with Crippen molar-refractivity contribution in [2.24, 2.45) is 0 Å². The molecule has 1 saturated heterocycles. The second-order valence-electron chi connectivity index (χ2n) is 6.66. The summed E-state index contributed by atoms with van der Waals surface area (Å²) in [6.45, 7) is 8.83. The molecule has 4 heteroatoms. The zero-order valence-corrected chi connectivity index (χ0v) is 13.3. The van der Waals surface area contributed by atoms with Crippen molar-refractivity contribution in [2.45, 2.75) is 58.5 Å². The Morgan fingerprint density at radius 1 is 1.14 bits per heavy atom. The minimum absolute atomic E-state index is 0.103. The lowest BCUT2D eigenvalue weighted by Crippen LogP contribution is -2.31. The second-order valence-corrected chi connectivity index (χ2v) is 6.66. The van der Waals surface area contributed by atoms with Gasteiger partial charge in [-0.3, -0.25) is 9.69 Å². The normalized spacial score (nSPS) is 19.0. The number of benzene rings is 1. The van der Waals surface area contributed by atoms with E-state index in [1.165, 1.54) is 10.5 Å². The highest BCUT2D eigenvalue weighted by Gasteiger charge is 2.37. The molecule has 4 nitrogen and oxygen atoms in total. The van der Waals surface area contributed by atoms with E-state index in [1.54, 1.807) is 0 Å². The van der Waals surface area contributed by atoms with E-state index in [0.717, 1.165) is 12.0 Å². The van der Waals surface area contributed by atoms with E-state index in [-0.39, 0.29) is 23.4 Å². The smallest absolute Gasteiger partial charge is 0.325 e. The Labute approximate surface area is 126 Å². The fourth-order valence-corrected chi connectivity index (χ4v) is 2.50. The van der Waals surface area contributed by atoms with Crippen molar-refractivity contribution in [3.05, 3.63) is 35.4 Å². The van der Waals surface area contributed by atoms with Crippen LogP contribution in [0.25, 0.3) is 0 Å². The van der Waals surface area contributed by atoms with E-state index in [1.807, 2.05) is 19.1 Å². The van der Waals surface area contributed by atoms with Crippen molar-refractivity contribution in [2.75, 3.05) is 0 Å². The van der Waals surface area contributed by atoms with Gasteiger partial charge in [0.25, 0.3) is 5.91 Å². The first-order valence-electron chi connectivity index (χ1n) is 7.54. The molecule has 1 aromatic carbocycles. The van der Waals surface area contributed by atoms with Crippen LogP contribution in [-0.4, -0.2) is 22.9 Å². The molecule has 1 fully saturated rings. The lowest BCUT2D eigenvalue weighted by atomic mass is 9.87. The topological polar surface area (TPSA) is 49.4 Å². The average Bonchev–Trinajstić information content (AvgIpc) is 2.67. The van der Waals surface area contributed by atoms with E-state index < -0.39 is 0 Å². The molecule has 0 aliphatic carbocycles. The number of urea groups is 1. The Bertz CT molecular complexity index is 529. The predicted octanol–water partition coefficient (Wildman–Crippen LogP) is 3.20. The highest BCUT2D eigenvalue weighted by atomic mass is 16.2. The van der Waals surface area contributed by atoms with Gasteiger partial charge in [0.05, 0.1) is 6.54 Å². The number of imide groups is 1. The number of carbonyl (C=O) groups excluding carboxylic acids is 2. The predicted molar refractivity (Wildman–Crippen MR) is 82.9 cm³/mol. The molecule has 2 rings (SSSR count). The van der Waals surface area contributed by atoms with Gasteiger partial charge in [0, 0.05) is 0 Å². The molecule has 1 heterocycles. The summed E-state index contributed by atoms with van der Waals surface area (Å²) in [5.74, 6) is -0.109. The van der Waals surface area contributed by atoms with Gasteiger partial charge in [-0.15, -0.1) is 0 Å². The second kappa shape index (κ2) is 5.88. The van der Waals surface area contributed by atoms with Crippen LogP contribution in [0.4, 0.5) is 4.79 Å².